The Morgan fingerprint density at radius 3 is 2.31 bits per heavy atom. The second-order valence-corrected chi connectivity index (χ2v) is 2.70. The average molecular weight is 181 g/mol. The van der Waals surface area contributed by atoms with Crippen LogP contribution in [0, 0.1) is 0 Å². The van der Waals surface area contributed by atoms with Crippen LogP contribution in [0.3, 0.4) is 0 Å². The first-order chi connectivity index (χ1) is 6.22. The maximum absolute atomic E-state index is 10.3. The Labute approximate surface area is 75.9 Å². The molecule has 4 nitrogen and oxygen atoms in total. The number of carboxylic acids is 1. The fraction of sp³-hybridized carbons (Fsp3) is 0.222. The van der Waals surface area contributed by atoms with Crippen LogP contribution < -0.4 is 5.90 Å². The second kappa shape index (κ2) is 4.59. The molecule has 0 atom stereocenters. The van der Waals surface area contributed by atoms with E-state index >= 15 is 0 Å². The largest absolute Gasteiger partial charge is 0.481 e. The van der Waals surface area contributed by atoms with Gasteiger partial charge in [-0.05, 0) is 11.1 Å². The predicted molar refractivity (Wildman–Crippen MR) is 46.8 cm³/mol. The molecule has 0 saturated heterocycles. The van der Waals surface area contributed by atoms with Gasteiger partial charge in [0.1, 0.15) is 0 Å². The first-order valence-corrected chi connectivity index (χ1v) is 3.83. The van der Waals surface area contributed by atoms with E-state index in [1.165, 1.54) is 0 Å². The maximum atomic E-state index is 10.3. The van der Waals surface area contributed by atoms with Crippen molar-refractivity contribution in [2.45, 2.75) is 13.0 Å². The van der Waals surface area contributed by atoms with Crippen molar-refractivity contribution in [2.24, 2.45) is 5.90 Å². The molecule has 1 aromatic rings. The Kier molecular flexibility index (Phi) is 3.42. The topological polar surface area (TPSA) is 72.5 Å². The van der Waals surface area contributed by atoms with Gasteiger partial charge >= 0.3 is 5.97 Å². The van der Waals surface area contributed by atoms with E-state index in [0.717, 1.165) is 11.1 Å². The highest BCUT2D eigenvalue weighted by molar-refractivity contribution is 5.70. The number of nitrogens with two attached hydrogens (primary N) is 1. The lowest BCUT2D eigenvalue weighted by Gasteiger charge is -2.00. The standard InChI is InChI=1S/C9H11NO3/c10-13-6-8-3-1-7(2-4-8)5-9(11)12/h1-4H,5-6,10H2,(H,11,12). The molecule has 1 aromatic carbocycles. The van der Waals surface area contributed by atoms with E-state index in [0.29, 0.717) is 6.61 Å². The molecule has 0 unspecified atom stereocenters. The van der Waals surface area contributed by atoms with Gasteiger partial charge in [-0.25, -0.2) is 5.90 Å². The molecule has 13 heavy (non-hydrogen) atoms. The number of carboxylic acid groups (broad SMARTS) is 1. The Morgan fingerprint density at radius 2 is 1.85 bits per heavy atom. The van der Waals surface area contributed by atoms with Gasteiger partial charge in [-0.1, -0.05) is 24.3 Å². The number of hydrogen-bond donors (Lipinski definition) is 2. The van der Waals surface area contributed by atoms with Crippen LogP contribution in [0.5, 0.6) is 0 Å². The summed E-state index contributed by atoms with van der Waals surface area (Å²) in [6.07, 6.45) is 0.0454. The number of carbonyl (C=O) groups is 1. The summed E-state index contributed by atoms with van der Waals surface area (Å²) in [6.45, 7) is 0.341. The molecule has 0 saturated carbocycles. The Balaban J connectivity index is 2.64. The highest BCUT2D eigenvalue weighted by Crippen LogP contribution is 2.05. The van der Waals surface area contributed by atoms with E-state index in [1.807, 2.05) is 0 Å². The summed E-state index contributed by atoms with van der Waals surface area (Å²) in [7, 11) is 0. The van der Waals surface area contributed by atoms with Crippen LogP contribution in [-0.2, 0) is 22.7 Å². The molecule has 0 aliphatic rings. The molecule has 0 amide bonds. The van der Waals surface area contributed by atoms with Crippen LogP contribution in [0.4, 0.5) is 0 Å². The van der Waals surface area contributed by atoms with Gasteiger partial charge in [0.2, 0.25) is 0 Å². The van der Waals surface area contributed by atoms with Crippen molar-refractivity contribution in [1.82, 2.24) is 0 Å². The molecule has 4 heteroatoms. The summed E-state index contributed by atoms with van der Waals surface area (Å²) in [5.41, 5.74) is 1.70. The SMILES string of the molecule is NOCc1ccc(CC(=O)O)cc1. The van der Waals surface area contributed by atoms with Gasteiger partial charge in [-0.15, -0.1) is 0 Å². The van der Waals surface area contributed by atoms with Crippen LogP contribution in [0.15, 0.2) is 24.3 Å². The quantitative estimate of drug-likeness (QED) is 0.671. The van der Waals surface area contributed by atoms with E-state index in [-0.39, 0.29) is 6.42 Å². The van der Waals surface area contributed by atoms with E-state index in [9.17, 15) is 4.79 Å². The van der Waals surface area contributed by atoms with Gasteiger partial charge < -0.3 is 5.11 Å². The molecule has 70 valence electrons. The lowest BCUT2D eigenvalue weighted by Crippen LogP contribution is -2.01. The third kappa shape index (κ3) is 3.23. The zero-order chi connectivity index (χ0) is 9.68. The molecule has 1 rings (SSSR count). The van der Waals surface area contributed by atoms with Crippen molar-refractivity contribution >= 4 is 5.97 Å². The fourth-order valence-corrected chi connectivity index (χ4v) is 1.02. The molecule has 3 N–H and O–H groups in total. The highest BCUT2D eigenvalue weighted by atomic mass is 16.6. The lowest BCUT2D eigenvalue weighted by atomic mass is 10.1. The zero-order valence-electron chi connectivity index (χ0n) is 7.06. The fourth-order valence-electron chi connectivity index (χ4n) is 1.02. The predicted octanol–water partition coefficient (Wildman–Crippen LogP) is 0.704. The van der Waals surface area contributed by atoms with E-state index in [1.54, 1.807) is 24.3 Å². The Hall–Kier alpha value is -1.39. The molecule has 0 aliphatic heterocycles. The van der Waals surface area contributed by atoms with Crippen LogP contribution in [-0.4, -0.2) is 11.1 Å². The van der Waals surface area contributed by atoms with Crippen LogP contribution in [0.25, 0.3) is 0 Å². The molecular weight excluding hydrogens is 170 g/mol. The minimum absolute atomic E-state index is 0.0454. The maximum Gasteiger partial charge on any atom is 0.307 e. The van der Waals surface area contributed by atoms with E-state index in [2.05, 4.69) is 4.84 Å². The number of benzene rings is 1. The molecule has 0 spiro atoms. The number of rotatable bonds is 4. The summed E-state index contributed by atoms with van der Waals surface area (Å²) in [6, 6.07) is 7.10. The third-order valence-corrected chi connectivity index (χ3v) is 1.63. The average Bonchev–Trinajstić information content (AvgIpc) is 2.08. The second-order valence-electron chi connectivity index (χ2n) is 2.70. The molecule has 0 aromatic heterocycles. The minimum Gasteiger partial charge on any atom is -0.481 e. The Bertz CT molecular complexity index is 281. The molecule has 0 bridgehead atoms. The van der Waals surface area contributed by atoms with Gasteiger partial charge in [-0.2, -0.15) is 0 Å². The normalized spacial score (nSPS) is 9.92. The molecular formula is C9H11NO3. The highest BCUT2D eigenvalue weighted by Gasteiger charge is 1.99. The van der Waals surface area contributed by atoms with Crippen LogP contribution in [0.1, 0.15) is 11.1 Å². The van der Waals surface area contributed by atoms with E-state index in [4.69, 9.17) is 11.0 Å². The van der Waals surface area contributed by atoms with Crippen LogP contribution >= 0.6 is 0 Å². The smallest absolute Gasteiger partial charge is 0.307 e. The van der Waals surface area contributed by atoms with Crippen molar-refractivity contribution in [1.29, 1.82) is 0 Å². The van der Waals surface area contributed by atoms with Crippen molar-refractivity contribution in [3.05, 3.63) is 35.4 Å². The summed E-state index contributed by atoms with van der Waals surface area (Å²) in [5, 5.41) is 8.49. The minimum atomic E-state index is -0.831. The summed E-state index contributed by atoms with van der Waals surface area (Å²) >= 11 is 0. The number of aliphatic carboxylic acids is 1. The molecule has 0 radical (unpaired) electrons. The Morgan fingerprint density at radius 1 is 1.31 bits per heavy atom. The molecule has 0 aliphatic carbocycles. The van der Waals surface area contributed by atoms with E-state index < -0.39 is 5.97 Å². The summed E-state index contributed by atoms with van der Waals surface area (Å²) in [5.74, 6) is 4.05. The van der Waals surface area contributed by atoms with Gasteiger partial charge in [-0.3, -0.25) is 9.63 Å². The first kappa shape index (κ1) is 9.70. The zero-order valence-corrected chi connectivity index (χ0v) is 7.06. The van der Waals surface area contributed by atoms with Gasteiger partial charge in [0, 0.05) is 0 Å². The van der Waals surface area contributed by atoms with Gasteiger partial charge in [0.15, 0.2) is 0 Å². The van der Waals surface area contributed by atoms with Crippen molar-refractivity contribution < 1.29 is 14.7 Å². The number of hydrogen-bond acceptors (Lipinski definition) is 3. The van der Waals surface area contributed by atoms with Crippen LogP contribution in [0.2, 0.25) is 0 Å². The monoisotopic (exact) mass is 181 g/mol. The molecule has 0 fully saturated rings. The molecule has 0 heterocycles. The summed E-state index contributed by atoms with van der Waals surface area (Å²) in [4.78, 5) is 14.8. The lowest BCUT2D eigenvalue weighted by molar-refractivity contribution is -0.136. The first-order valence-electron chi connectivity index (χ1n) is 3.83. The van der Waals surface area contributed by atoms with Crippen molar-refractivity contribution in [3.8, 4) is 0 Å². The van der Waals surface area contributed by atoms with Gasteiger partial charge in [0.25, 0.3) is 0 Å². The van der Waals surface area contributed by atoms with Crippen molar-refractivity contribution in [3.63, 3.8) is 0 Å². The summed E-state index contributed by atoms with van der Waals surface area (Å²) < 4.78 is 0. The van der Waals surface area contributed by atoms with Crippen molar-refractivity contribution in [2.75, 3.05) is 0 Å². The third-order valence-electron chi connectivity index (χ3n) is 1.63. The van der Waals surface area contributed by atoms with Gasteiger partial charge in [0.05, 0.1) is 13.0 Å².